The first kappa shape index (κ1) is 30.3. The van der Waals surface area contributed by atoms with E-state index in [1.54, 1.807) is 32.4 Å². The highest BCUT2D eigenvalue weighted by Crippen LogP contribution is 2.37. The van der Waals surface area contributed by atoms with Gasteiger partial charge in [0, 0.05) is 43.7 Å². The molecule has 0 saturated carbocycles. The first-order valence-electron chi connectivity index (χ1n) is 14.0. The molecule has 2 aromatic heterocycles. The summed E-state index contributed by atoms with van der Waals surface area (Å²) in [6, 6.07) is 21.2. The number of carbonyl (C=O) groups excluding carboxylic acids is 1. The van der Waals surface area contributed by atoms with E-state index in [2.05, 4.69) is 66.9 Å². The average Bonchev–Trinajstić information content (AvgIpc) is 3.49. The molecular formula is C34H29Br2N3O4S. The lowest BCUT2D eigenvalue weighted by atomic mass is 9.95. The predicted molar refractivity (Wildman–Crippen MR) is 181 cm³/mol. The highest BCUT2D eigenvalue weighted by atomic mass is 79.9. The van der Waals surface area contributed by atoms with Crippen molar-refractivity contribution in [3.63, 3.8) is 0 Å². The maximum atomic E-state index is 14.3. The molecule has 6 rings (SSSR count). The van der Waals surface area contributed by atoms with E-state index in [-0.39, 0.29) is 11.7 Å². The lowest BCUT2D eigenvalue weighted by molar-refractivity contribution is -0.143. The molecule has 0 N–H and O–H groups in total. The summed E-state index contributed by atoms with van der Waals surface area (Å²) in [6.07, 6.45) is 3.66. The van der Waals surface area contributed by atoms with Crippen molar-refractivity contribution in [2.75, 3.05) is 7.11 Å². The second kappa shape index (κ2) is 12.3. The molecule has 5 aromatic rings. The number of esters is 1. The van der Waals surface area contributed by atoms with Gasteiger partial charge in [-0.1, -0.05) is 73.5 Å². The van der Waals surface area contributed by atoms with Crippen molar-refractivity contribution in [3.05, 3.63) is 130 Å². The van der Waals surface area contributed by atoms with Gasteiger partial charge < -0.3 is 14.0 Å². The molecule has 10 heteroatoms. The molecule has 0 aliphatic carbocycles. The number of halogens is 2. The molecule has 3 aromatic carbocycles. The van der Waals surface area contributed by atoms with Crippen molar-refractivity contribution < 1.29 is 14.3 Å². The Balaban J connectivity index is 1.54. The lowest BCUT2D eigenvalue weighted by Gasteiger charge is -2.26. The molecule has 224 valence electrons. The van der Waals surface area contributed by atoms with E-state index < -0.39 is 12.0 Å². The van der Waals surface area contributed by atoms with Gasteiger partial charge in [-0.25, -0.2) is 9.79 Å². The van der Waals surface area contributed by atoms with Crippen LogP contribution in [0.5, 0.6) is 5.75 Å². The van der Waals surface area contributed by atoms with Crippen LogP contribution in [-0.4, -0.2) is 28.3 Å². The fourth-order valence-corrected chi connectivity index (χ4v) is 7.20. The Kier molecular flexibility index (Phi) is 8.50. The molecule has 0 bridgehead atoms. The number of thiazole rings is 1. The van der Waals surface area contributed by atoms with Gasteiger partial charge in [0.25, 0.3) is 5.56 Å². The molecule has 0 spiro atoms. The molecule has 1 aliphatic rings. The van der Waals surface area contributed by atoms with Crippen LogP contribution in [0.1, 0.15) is 43.5 Å². The van der Waals surface area contributed by atoms with Crippen molar-refractivity contribution in [2.24, 2.45) is 4.99 Å². The summed E-state index contributed by atoms with van der Waals surface area (Å²) in [4.78, 5) is 33.0. The number of allylic oxidation sites excluding steroid dienone is 1. The van der Waals surface area contributed by atoms with Crippen LogP contribution < -0.4 is 19.6 Å². The van der Waals surface area contributed by atoms with Gasteiger partial charge >= 0.3 is 5.97 Å². The van der Waals surface area contributed by atoms with Crippen LogP contribution >= 0.6 is 43.2 Å². The lowest BCUT2D eigenvalue weighted by Crippen LogP contribution is -2.40. The Morgan fingerprint density at radius 2 is 1.80 bits per heavy atom. The predicted octanol–water partition coefficient (Wildman–Crippen LogP) is 6.72. The smallest absolute Gasteiger partial charge is 0.338 e. The average molecular weight is 735 g/mol. The number of fused-ring (bicyclic) bond motifs is 2. The molecule has 0 radical (unpaired) electrons. The van der Waals surface area contributed by atoms with Gasteiger partial charge in [-0.05, 0) is 68.8 Å². The zero-order chi connectivity index (χ0) is 31.1. The topological polar surface area (TPSA) is 74.8 Å². The quantitative estimate of drug-likeness (QED) is 0.174. The second-order valence-corrected chi connectivity index (χ2v) is 13.6. The number of hydrogen-bond acceptors (Lipinski definition) is 6. The fourth-order valence-electron chi connectivity index (χ4n) is 5.52. The summed E-state index contributed by atoms with van der Waals surface area (Å²) in [6.45, 7) is 6.06. The van der Waals surface area contributed by atoms with E-state index in [1.165, 1.54) is 16.9 Å². The van der Waals surface area contributed by atoms with Crippen molar-refractivity contribution in [2.45, 2.75) is 39.5 Å². The van der Waals surface area contributed by atoms with E-state index in [0.29, 0.717) is 38.5 Å². The zero-order valence-corrected chi connectivity index (χ0v) is 28.5. The van der Waals surface area contributed by atoms with E-state index in [1.807, 2.05) is 48.5 Å². The maximum Gasteiger partial charge on any atom is 0.338 e. The van der Waals surface area contributed by atoms with Gasteiger partial charge in [-0.15, -0.1) is 0 Å². The van der Waals surface area contributed by atoms with Crippen molar-refractivity contribution in [1.82, 2.24) is 9.13 Å². The maximum absolute atomic E-state index is 14.3. The molecular weight excluding hydrogens is 706 g/mol. The van der Waals surface area contributed by atoms with Crippen molar-refractivity contribution >= 4 is 66.1 Å². The number of methoxy groups -OCH3 is 1. The Morgan fingerprint density at radius 1 is 1.07 bits per heavy atom. The summed E-state index contributed by atoms with van der Waals surface area (Å²) in [5.74, 6) is 0.0342. The molecule has 3 heterocycles. The minimum Gasteiger partial charge on any atom is -0.496 e. The normalized spacial score (nSPS) is 15.1. The standard InChI is InChI=1S/C34H29Br2N3O4S/c1-19(2)43-33(41)30-20(3)37-34-39(31(30)26-16-24(36)13-14-28(26)42-4)32(40)29(44-34)15-22-18-38(27-8-6-5-7-25(22)27)17-21-9-11-23(35)12-10-21/h5-16,18-19,31H,17H2,1-4H3/b29-15-/t31-/m1/s1. The van der Waals surface area contributed by atoms with Crippen LogP contribution in [0.25, 0.3) is 17.0 Å². The third-order valence-electron chi connectivity index (χ3n) is 7.44. The Hall–Kier alpha value is -3.73. The number of carbonyl (C=O) groups is 1. The molecule has 1 atom stereocenters. The fraction of sp³-hybridized carbons (Fsp3) is 0.206. The zero-order valence-electron chi connectivity index (χ0n) is 24.5. The summed E-state index contributed by atoms with van der Waals surface area (Å²) in [5.41, 5.74) is 4.38. The van der Waals surface area contributed by atoms with Gasteiger partial charge in [0.2, 0.25) is 0 Å². The van der Waals surface area contributed by atoms with Crippen LogP contribution in [0, 0.1) is 0 Å². The molecule has 44 heavy (non-hydrogen) atoms. The Morgan fingerprint density at radius 3 is 2.52 bits per heavy atom. The number of ether oxygens (including phenoxy) is 2. The van der Waals surface area contributed by atoms with Gasteiger partial charge in [-0.2, -0.15) is 0 Å². The van der Waals surface area contributed by atoms with Gasteiger partial charge in [-0.3, -0.25) is 9.36 Å². The molecule has 0 fully saturated rings. The van der Waals surface area contributed by atoms with Gasteiger partial charge in [0.15, 0.2) is 4.80 Å². The molecule has 0 unspecified atom stereocenters. The number of rotatable bonds is 7. The number of nitrogens with zero attached hydrogens (tertiary/aromatic N) is 3. The van der Waals surface area contributed by atoms with E-state index in [9.17, 15) is 9.59 Å². The largest absolute Gasteiger partial charge is 0.496 e. The highest BCUT2D eigenvalue weighted by Gasteiger charge is 2.35. The Bertz CT molecular complexity index is 2120. The van der Waals surface area contributed by atoms with Crippen LogP contribution in [0.4, 0.5) is 0 Å². The number of aromatic nitrogens is 2. The van der Waals surface area contributed by atoms with E-state index in [4.69, 9.17) is 14.5 Å². The van der Waals surface area contributed by atoms with Crippen LogP contribution in [-0.2, 0) is 16.1 Å². The molecule has 1 aliphatic heterocycles. The van der Waals surface area contributed by atoms with Crippen LogP contribution in [0.3, 0.4) is 0 Å². The first-order valence-corrected chi connectivity index (χ1v) is 16.4. The summed E-state index contributed by atoms with van der Waals surface area (Å²) < 4.78 is 17.5. The molecule has 0 amide bonds. The third-order valence-corrected chi connectivity index (χ3v) is 9.45. The molecule has 7 nitrogen and oxygen atoms in total. The van der Waals surface area contributed by atoms with E-state index in [0.717, 1.165) is 25.4 Å². The van der Waals surface area contributed by atoms with Crippen molar-refractivity contribution in [1.29, 1.82) is 0 Å². The number of hydrogen-bond donors (Lipinski definition) is 0. The van der Waals surface area contributed by atoms with E-state index >= 15 is 0 Å². The minimum atomic E-state index is -0.786. The summed E-state index contributed by atoms with van der Waals surface area (Å²) in [7, 11) is 1.57. The molecule has 0 saturated heterocycles. The monoisotopic (exact) mass is 733 g/mol. The van der Waals surface area contributed by atoms with Crippen LogP contribution in [0.2, 0.25) is 0 Å². The summed E-state index contributed by atoms with van der Waals surface area (Å²) in [5, 5.41) is 1.04. The van der Waals surface area contributed by atoms with Gasteiger partial charge in [0.1, 0.15) is 11.8 Å². The highest BCUT2D eigenvalue weighted by molar-refractivity contribution is 9.10. The number of benzene rings is 3. The SMILES string of the molecule is COc1ccc(Br)cc1[C@@H]1C(C(=O)OC(C)C)=C(C)N=c2s/c(=C\c3cn(Cc4ccc(Br)cc4)c4ccccc34)c(=O)n21. The first-order chi connectivity index (χ1) is 21.1. The summed E-state index contributed by atoms with van der Waals surface area (Å²) >= 11 is 8.37. The second-order valence-electron chi connectivity index (χ2n) is 10.8. The Labute approximate surface area is 275 Å². The van der Waals surface area contributed by atoms with Crippen molar-refractivity contribution in [3.8, 4) is 5.75 Å². The third kappa shape index (κ3) is 5.74. The van der Waals surface area contributed by atoms with Gasteiger partial charge in [0.05, 0.1) is 29.0 Å². The minimum absolute atomic E-state index is 0.243. The number of para-hydroxylation sites is 1. The van der Waals surface area contributed by atoms with Crippen LogP contribution in [0.15, 0.2) is 103 Å².